The van der Waals surface area contributed by atoms with E-state index in [4.69, 9.17) is 8.37 Å². The van der Waals surface area contributed by atoms with Crippen molar-refractivity contribution in [1.29, 1.82) is 0 Å². The monoisotopic (exact) mass is 766 g/mol. The third kappa shape index (κ3) is 5.32. The van der Waals surface area contributed by atoms with Crippen molar-refractivity contribution in [3.8, 4) is 22.6 Å². The smallest absolute Gasteiger partial charge is 0.375 e. The van der Waals surface area contributed by atoms with E-state index in [1.54, 1.807) is 12.1 Å². The maximum Gasteiger partial charge on any atom is 0.534 e. The van der Waals surface area contributed by atoms with Crippen LogP contribution in [0.2, 0.25) is 0 Å². The summed E-state index contributed by atoms with van der Waals surface area (Å²) in [5.74, 6) is -1.22. The molecule has 0 radical (unpaired) electrons. The van der Waals surface area contributed by atoms with Gasteiger partial charge >= 0.3 is 31.3 Å². The van der Waals surface area contributed by atoms with Crippen molar-refractivity contribution in [2.45, 2.75) is 101 Å². The Morgan fingerprint density at radius 1 is 0.558 bits per heavy atom. The predicted molar refractivity (Wildman–Crippen MR) is 184 cm³/mol. The second-order valence-corrected chi connectivity index (χ2v) is 18.6. The molecule has 0 aliphatic heterocycles. The molecule has 4 aromatic carbocycles. The molecule has 4 aliphatic rings. The zero-order valence-corrected chi connectivity index (χ0v) is 30.0. The van der Waals surface area contributed by atoms with Gasteiger partial charge in [-0.05, 0) is 130 Å². The second kappa shape index (κ2) is 11.5. The van der Waals surface area contributed by atoms with Crippen LogP contribution in [0.4, 0.5) is 26.3 Å². The largest absolute Gasteiger partial charge is 0.534 e. The summed E-state index contributed by atoms with van der Waals surface area (Å²) in [7, 11) is -12.6. The number of hydrogen-bond acceptors (Lipinski definition) is 6. The van der Waals surface area contributed by atoms with Gasteiger partial charge in [-0.1, -0.05) is 63.1 Å². The topological polar surface area (TPSA) is 86.7 Å². The van der Waals surface area contributed by atoms with Crippen LogP contribution in [0.5, 0.6) is 11.5 Å². The molecule has 0 saturated heterocycles. The highest BCUT2D eigenvalue weighted by Crippen LogP contribution is 2.59. The maximum absolute atomic E-state index is 13.8. The van der Waals surface area contributed by atoms with E-state index in [0.717, 1.165) is 85.8 Å². The van der Waals surface area contributed by atoms with Gasteiger partial charge in [0.1, 0.15) is 0 Å². The summed E-state index contributed by atoms with van der Waals surface area (Å²) in [6.07, 6.45) is 8.89. The SMILES string of the molecule is C[C@@]12CCC[C@@H]1c1ccc3c(-c4c(OS(=O)(=O)C(F)(F)F)ccc5c6c(ccc45)[C@H]4CCC[C@@]4(C)CC6)c(OS(=O)(=O)C(F)(F)F)ccc3c1CC2. The number of fused-ring (bicyclic) bond motifs is 10. The van der Waals surface area contributed by atoms with Gasteiger partial charge < -0.3 is 8.37 Å². The van der Waals surface area contributed by atoms with Crippen molar-refractivity contribution in [2.75, 3.05) is 0 Å². The fraction of sp³-hybridized carbons (Fsp3) is 0.474. The van der Waals surface area contributed by atoms with Crippen LogP contribution in [0.3, 0.4) is 0 Å². The van der Waals surface area contributed by atoms with Crippen molar-refractivity contribution in [3.05, 3.63) is 70.8 Å². The molecular formula is C38H36F6O6S2. The number of alkyl halides is 6. The molecule has 4 aliphatic carbocycles. The van der Waals surface area contributed by atoms with Gasteiger partial charge in [-0.2, -0.15) is 43.2 Å². The molecule has 2 saturated carbocycles. The van der Waals surface area contributed by atoms with E-state index in [1.807, 2.05) is 12.1 Å². The minimum Gasteiger partial charge on any atom is -0.375 e. The minimum absolute atomic E-state index is 0.0599. The summed E-state index contributed by atoms with van der Waals surface area (Å²) in [5, 5.41) is 1.50. The van der Waals surface area contributed by atoms with E-state index < -0.39 is 42.8 Å². The average Bonchev–Trinajstić information content (AvgIpc) is 3.65. The Bertz CT molecular complexity index is 2220. The number of hydrogen-bond donors (Lipinski definition) is 0. The van der Waals surface area contributed by atoms with Crippen molar-refractivity contribution in [3.63, 3.8) is 0 Å². The van der Waals surface area contributed by atoms with Crippen LogP contribution in [0.1, 0.15) is 99.3 Å². The van der Waals surface area contributed by atoms with Crippen LogP contribution in [0.15, 0.2) is 48.5 Å². The van der Waals surface area contributed by atoms with E-state index in [2.05, 4.69) is 13.8 Å². The molecule has 14 heteroatoms. The lowest BCUT2D eigenvalue weighted by Gasteiger charge is -2.39. The average molecular weight is 767 g/mol. The standard InChI is InChI=1S/C38H36F6O6S2/c1-35-17-3-5-29(35)25-7-9-27-21(23(25)15-19-35)11-13-31(49-51(45,46)37(39,40)41)33(27)34-28-10-8-26-24(16-20-36(2)18-4-6-30(26)36)22(28)12-14-32(34)50-52(47,48)38(42,43)44/h7-14,29-30H,3-6,15-20H2,1-2H3/t29-,30-,35+,36+/m1/s1. The van der Waals surface area contributed by atoms with Crippen LogP contribution < -0.4 is 8.37 Å². The Morgan fingerprint density at radius 3 is 1.29 bits per heavy atom. The molecule has 0 amide bonds. The Hall–Kier alpha value is -3.52. The Balaban J connectivity index is 1.46. The van der Waals surface area contributed by atoms with E-state index in [9.17, 15) is 43.2 Å². The quantitative estimate of drug-likeness (QED) is 0.114. The first-order valence-electron chi connectivity index (χ1n) is 17.4. The zero-order valence-electron chi connectivity index (χ0n) is 28.4. The lowest BCUT2D eigenvalue weighted by atomic mass is 9.66. The summed E-state index contributed by atoms with van der Waals surface area (Å²) in [6, 6.07) is 12.0. The van der Waals surface area contributed by atoms with Gasteiger partial charge in [-0.25, -0.2) is 0 Å². The Morgan fingerprint density at radius 2 is 0.923 bits per heavy atom. The summed E-state index contributed by atoms with van der Waals surface area (Å²) in [6.45, 7) is 4.47. The molecule has 0 heterocycles. The number of rotatable bonds is 5. The fourth-order valence-electron chi connectivity index (χ4n) is 10.1. The van der Waals surface area contributed by atoms with Crippen LogP contribution in [0.25, 0.3) is 32.7 Å². The van der Waals surface area contributed by atoms with Gasteiger partial charge in [0.25, 0.3) is 0 Å². The van der Waals surface area contributed by atoms with E-state index >= 15 is 0 Å². The molecular weight excluding hydrogens is 731 g/mol. The molecule has 52 heavy (non-hydrogen) atoms. The van der Waals surface area contributed by atoms with Crippen molar-refractivity contribution in [2.24, 2.45) is 10.8 Å². The van der Waals surface area contributed by atoms with Crippen molar-refractivity contribution < 1.29 is 51.5 Å². The first kappa shape index (κ1) is 35.5. The minimum atomic E-state index is -6.28. The highest BCUT2D eigenvalue weighted by atomic mass is 32.2. The van der Waals surface area contributed by atoms with Gasteiger partial charge in [0.2, 0.25) is 0 Å². The van der Waals surface area contributed by atoms with Crippen LogP contribution in [-0.2, 0) is 33.1 Å². The number of benzene rings is 4. The number of aryl methyl sites for hydroxylation is 2. The molecule has 2 fully saturated rings. The van der Waals surface area contributed by atoms with E-state index in [1.165, 1.54) is 12.1 Å². The zero-order chi connectivity index (χ0) is 37.2. The summed E-state index contributed by atoms with van der Waals surface area (Å²) >= 11 is 0. The van der Waals surface area contributed by atoms with Gasteiger partial charge in [0.05, 0.1) is 0 Å². The predicted octanol–water partition coefficient (Wildman–Crippen LogP) is 10.6. The van der Waals surface area contributed by atoms with Crippen LogP contribution in [0, 0.1) is 10.8 Å². The maximum atomic E-state index is 13.8. The molecule has 4 aromatic rings. The normalized spacial score (nSPS) is 26.2. The van der Waals surface area contributed by atoms with Gasteiger partial charge in [-0.15, -0.1) is 0 Å². The second-order valence-electron chi connectivity index (χ2n) is 15.5. The molecule has 8 rings (SSSR count). The van der Waals surface area contributed by atoms with Crippen LogP contribution >= 0.6 is 0 Å². The molecule has 0 unspecified atom stereocenters. The van der Waals surface area contributed by atoms with E-state index in [0.29, 0.717) is 23.6 Å². The Kier molecular flexibility index (Phi) is 7.85. The molecule has 0 aromatic heterocycles. The first-order chi connectivity index (χ1) is 24.2. The molecule has 0 N–H and O–H groups in total. The molecule has 0 spiro atoms. The third-order valence-electron chi connectivity index (χ3n) is 12.6. The first-order valence-corrected chi connectivity index (χ1v) is 20.3. The fourth-order valence-corrected chi connectivity index (χ4v) is 11.0. The van der Waals surface area contributed by atoms with Crippen molar-refractivity contribution in [1.82, 2.24) is 0 Å². The van der Waals surface area contributed by atoms with Gasteiger partial charge in [-0.3, -0.25) is 0 Å². The third-order valence-corrected chi connectivity index (χ3v) is 14.6. The van der Waals surface area contributed by atoms with E-state index in [-0.39, 0.29) is 44.6 Å². The summed E-state index contributed by atoms with van der Waals surface area (Å²) in [5.41, 5.74) is -8.27. The molecule has 278 valence electrons. The lowest BCUT2D eigenvalue weighted by Crippen LogP contribution is -2.29. The highest BCUT2D eigenvalue weighted by Gasteiger charge is 2.51. The molecule has 6 nitrogen and oxygen atoms in total. The summed E-state index contributed by atoms with van der Waals surface area (Å²) < 4.78 is 143. The van der Waals surface area contributed by atoms with Crippen molar-refractivity contribution >= 4 is 41.8 Å². The molecule has 0 bridgehead atoms. The lowest BCUT2D eigenvalue weighted by molar-refractivity contribution is -0.0505. The summed E-state index contributed by atoms with van der Waals surface area (Å²) in [4.78, 5) is 0. The van der Waals surface area contributed by atoms with Crippen LogP contribution in [-0.4, -0.2) is 27.9 Å². The van der Waals surface area contributed by atoms with Gasteiger partial charge in [0, 0.05) is 11.1 Å². The van der Waals surface area contributed by atoms with Gasteiger partial charge in [0.15, 0.2) is 11.5 Å². The Labute approximate surface area is 297 Å². The molecule has 4 atom stereocenters. The highest BCUT2D eigenvalue weighted by molar-refractivity contribution is 7.88. The number of halogens is 6.